The van der Waals surface area contributed by atoms with Gasteiger partial charge in [0.25, 0.3) is 0 Å². The van der Waals surface area contributed by atoms with Crippen LogP contribution in [-0.2, 0) is 9.47 Å². The van der Waals surface area contributed by atoms with E-state index in [9.17, 15) is 0 Å². The Morgan fingerprint density at radius 3 is 1.90 bits per heavy atom. The molecule has 10 heteroatoms. The predicted octanol–water partition coefficient (Wildman–Crippen LogP) is 1.06. The Bertz CT molecular complexity index is 810. The molecule has 0 unspecified atom stereocenters. The van der Waals surface area contributed by atoms with Crippen LogP contribution in [0.25, 0.3) is 0 Å². The van der Waals surface area contributed by atoms with E-state index < -0.39 is 0 Å². The first-order valence-electron chi connectivity index (χ1n) is 10.2. The van der Waals surface area contributed by atoms with Crippen LogP contribution in [-0.4, -0.2) is 87.9 Å². The van der Waals surface area contributed by atoms with E-state index in [4.69, 9.17) is 14.5 Å². The van der Waals surface area contributed by atoms with Gasteiger partial charge in [-0.3, -0.25) is 0 Å². The lowest BCUT2D eigenvalue weighted by Crippen LogP contribution is -2.40. The number of anilines is 4. The minimum Gasteiger partial charge on any atom is -0.378 e. The molecule has 160 valence electrons. The van der Waals surface area contributed by atoms with Crippen LogP contribution >= 0.6 is 0 Å². The van der Waals surface area contributed by atoms with Crippen LogP contribution in [0.4, 0.5) is 23.5 Å². The molecule has 2 fully saturated rings. The summed E-state index contributed by atoms with van der Waals surface area (Å²) in [7, 11) is 4.03. The molecule has 0 bridgehead atoms. The second-order valence-corrected chi connectivity index (χ2v) is 7.31. The second-order valence-electron chi connectivity index (χ2n) is 7.31. The van der Waals surface area contributed by atoms with Gasteiger partial charge in [-0.15, -0.1) is 0 Å². The van der Waals surface area contributed by atoms with Crippen LogP contribution in [0.5, 0.6) is 0 Å². The number of benzene rings is 1. The molecule has 0 atom stereocenters. The third kappa shape index (κ3) is 5.14. The summed E-state index contributed by atoms with van der Waals surface area (Å²) in [4.78, 5) is 20.1. The maximum absolute atomic E-state index is 5.45. The summed E-state index contributed by atoms with van der Waals surface area (Å²) in [6.45, 7) is 5.71. The molecule has 0 saturated carbocycles. The summed E-state index contributed by atoms with van der Waals surface area (Å²) in [5, 5.41) is 4.33. The van der Waals surface area contributed by atoms with Crippen LogP contribution in [0.1, 0.15) is 5.56 Å². The second kappa shape index (κ2) is 9.68. The molecule has 0 aliphatic carbocycles. The molecule has 0 radical (unpaired) electrons. The first kappa shape index (κ1) is 20.3. The number of morpholine rings is 2. The van der Waals surface area contributed by atoms with E-state index >= 15 is 0 Å². The van der Waals surface area contributed by atoms with E-state index in [1.165, 1.54) is 0 Å². The van der Waals surface area contributed by atoms with Gasteiger partial charge in [0.2, 0.25) is 17.8 Å². The number of hydrazone groups is 1. The Morgan fingerprint density at radius 2 is 1.40 bits per heavy atom. The van der Waals surface area contributed by atoms with Crippen molar-refractivity contribution in [2.75, 3.05) is 86.8 Å². The lowest BCUT2D eigenvalue weighted by atomic mass is 10.2. The SMILES string of the molecule is CN(C)c1ccc(/C=N/Nc2nc(N3CCOCC3)nc(N3CCOCC3)n2)cc1. The number of nitrogens with zero attached hydrogens (tertiary/aromatic N) is 7. The van der Waals surface area contributed by atoms with Crippen molar-refractivity contribution in [3.63, 3.8) is 0 Å². The highest BCUT2D eigenvalue weighted by molar-refractivity contribution is 5.80. The maximum Gasteiger partial charge on any atom is 0.250 e. The lowest BCUT2D eigenvalue weighted by molar-refractivity contribution is 0.121. The molecule has 1 N–H and O–H groups in total. The molecule has 2 aromatic rings. The Balaban J connectivity index is 1.51. The molecular weight excluding hydrogens is 384 g/mol. The molecule has 2 aliphatic heterocycles. The highest BCUT2D eigenvalue weighted by atomic mass is 16.5. The minimum atomic E-state index is 0.425. The molecule has 0 amide bonds. The van der Waals surface area contributed by atoms with E-state index in [1.54, 1.807) is 6.21 Å². The first-order valence-corrected chi connectivity index (χ1v) is 10.2. The smallest absolute Gasteiger partial charge is 0.250 e. The number of rotatable bonds is 6. The van der Waals surface area contributed by atoms with Gasteiger partial charge in [-0.05, 0) is 17.7 Å². The van der Waals surface area contributed by atoms with Crippen molar-refractivity contribution in [3.05, 3.63) is 29.8 Å². The van der Waals surface area contributed by atoms with Crippen LogP contribution in [0.15, 0.2) is 29.4 Å². The Kier molecular flexibility index (Phi) is 6.55. The summed E-state index contributed by atoms with van der Waals surface area (Å²) in [5.41, 5.74) is 5.10. The number of aromatic nitrogens is 3. The standard InChI is InChI=1S/C20H28N8O2/c1-26(2)17-5-3-16(4-6-17)15-21-25-18-22-19(27-7-11-29-12-8-27)24-20(23-18)28-9-13-30-14-10-28/h3-6,15H,7-14H2,1-2H3,(H,22,23,24,25)/b21-15+. The zero-order valence-corrected chi connectivity index (χ0v) is 17.5. The van der Waals surface area contributed by atoms with Gasteiger partial charge in [-0.1, -0.05) is 12.1 Å². The van der Waals surface area contributed by atoms with E-state index in [-0.39, 0.29) is 0 Å². The Hall–Kier alpha value is -2.98. The summed E-state index contributed by atoms with van der Waals surface area (Å²) < 4.78 is 10.9. The first-order chi connectivity index (χ1) is 14.7. The number of hydrogen-bond donors (Lipinski definition) is 1. The average Bonchev–Trinajstić information content (AvgIpc) is 2.80. The van der Waals surface area contributed by atoms with E-state index in [0.717, 1.165) is 37.4 Å². The topological polar surface area (TPSA) is 91.2 Å². The Morgan fingerprint density at radius 1 is 0.867 bits per heavy atom. The van der Waals surface area contributed by atoms with Gasteiger partial charge in [-0.2, -0.15) is 20.1 Å². The lowest BCUT2D eigenvalue weighted by Gasteiger charge is -2.30. The van der Waals surface area contributed by atoms with Gasteiger partial charge in [0, 0.05) is 46.0 Å². The molecule has 10 nitrogen and oxygen atoms in total. The van der Waals surface area contributed by atoms with Crippen molar-refractivity contribution in [2.24, 2.45) is 5.10 Å². The molecule has 4 rings (SSSR count). The van der Waals surface area contributed by atoms with Crippen molar-refractivity contribution >= 4 is 29.7 Å². The number of ether oxygens (including phenoxy) is 2. The van der Waals surface area contributed by atoms with Gasteiger partial charge in [0.1, 0.15) is 0 Å². The van der Waals surface area contributed by atoms with Crippen LogP contribution in [0.3, 0.4) is 0 Å². The zero-order valence-electron chi connectivity index (χ0n) is 17.5. The number of nitrogens with one attached hydrogen (secondary N) is 1. The maximum atomic E-state index is 5.45. The molecule has 1 aromatic carbocycles. The fourth-order valence-corrected chi connectivity index (χ4v) is 3.24. The fourth-order valence-electron chi connectivity index (χ4n) is 3.24. The predicted molar refractivity (Wildman–Crippen MR) is 118 cm³/mol. The van der Waals surface area contributed by atoms with Gasteiger partial charge >= 0.3 is 0 Å². The monoisotopic (exact) mass is 412 g/mol. The molecule has 1 aromatic heterocycles. The molecule has 30 heavy (non-hydrogen) atoms. The average molecular weight is 412 g/mol. The van der Waals surface area contributed by atoms with Crippen molar-refractivity contribution in [1.82, 2.24) is 15.0 Å². The third-order valence-electron chi connectivity index (χ3n) is 4.99. The zero-order chi connectivity index (χ0) is 20.8. The van der Waals surface area contributed by atoms with Crippen molar-refractivity contribution in [2.45, 2.75) is 0 Å². The molecular formula is C20H28N8O2. The summed E-state index contributed by atoms with van der Waals surface area (Å²) in [5.74, 6) is 1.71. The van der Waals surface area contributed by atoms with Gasteiger partial charge in [0.15, 0.2) is 0 Å². The van der Waals surface area contributed by atoms with Gasteiger partial charge in [0.05, 0.1) is 32.6 Å². The highest BCUT2D eigenvalue weighted by Crippen LogP contribution is 2.19. The van der Waals surface area contributed by atoms with Gasteiger partial charge < -0.3 is 24.2 Å². The molecule has 3 heterocycles. The largest absolute Gasteiger partial charge is 0.378 e. The molecule has 0 spiro atoms. The fraction of sp³-hybridized carbons (Fsp3) is 0.500. The van der Waals surface area contributed by atoms with Crippen molar-refractivity contribution in [3.8, 4) is 0 Å². The summed E-state index contributed by atoms with van der Waals surface area (Å²) in [6, 6.07) is 8.15. The number of hydrogen-bond acceptors (Lipinski definition) is 10. The highest BCUT2D eigenvalue weighted by Gasteiger charge is 2.20. The van der Waals surface area contributed by atoms with Crippen LogP contribution < -0.4 is 20.1 Å². The van der Waals surface area contributed by atoms with E-state index in [2.05, 4.69) is 47.3 Å². The van der Waals surface area contributed by atoms with Crippen molar-refractivity contribution < 1.29 is 9.47 Å². The minimum absolute atomic E-state index is 0.425. The molecule has 2 saturated heterocycles. The third-order valence-corrected chi connectivity index (χ3v) is 4.99. The van der Waals surface area contributed by atoms with Crippen molar-refractivity contribution in [1.29, 1.82) is 0 Å². The summed E-state index contributed by atoms with van der Waals surface area (Å²) >= 11 is 0. The normalized spacial score (nSPS) is 17.4. The Labute approximate surface area is 176 Å². The van der Waals surface area contributed by atoms with Crippen LogP contribution in [0.2, 0.25) is 0 Å². The quantitative estimate of drug-likeness (QED) is 0.552. The van der Waals surface area contributed by atoms with E-state index in [1.807, 2.05) is 26.2 Å². The molecule has 2 aliphatic rings. The summed E-state index contributed by atoms with van der Waals surface area (Å²) in [6.07, 6.45) is 1.76. The van der Waals surface area contributed by atoms with E-state index in [0.29, 0.717) is 44.3 Å². The van der Waals surface area contributed by atoms with Crippen LogP contribution in [0, 0.1) is 0 Å². The van der Waals surface area contributed by atoms with Gasteiger partial charge in [-0.25, -0.2) is 5.43 Å².